The van der Waals surface area contributed by atoms with Crippen LogP contribution in [-0.2, 0) is 26.6 Å². The van der Waals surface area contributed by atoms with E-state index >= 15 is 0 Å². The number of hydrogen-bond acceptors (Lipinski definition) is 4. The molecule has 7 nitrogen and oxygen atoms in total. The van der Waals surface area contributed by atoms with E-state index in [9.17, 15) is 9.59 Å². The average Bonchev–Trinajstić information content (AvgIpc) is 3.15. The lowest BCUT2D eigenvalue weighted by Crippen LogP contribution is -2.40. The highest BCUT2D eigenvalue weighted by atomic mass is 16.2. The lowest BCUT2D eigenvalue weighted by molar-refractivity contribution is 0.546. The van der Waals surface area contributed by atoms with Crippen molar-refractivity contribution in [2.75, 3.05) is 11.4 Å². The molecule has 1 aromatic carbocycles. The van der Waals surface area contributed by atoms with E-state index in [1.807, 2.05) is 4.57 Å². The summed E-state index contributed by atoms with van der Waals surface area (Å²) in [6.07, 6.45) is 4.80. The van der Waals surface area contributed by atoms with Crippen molar-refractivity contribution in [3.63, 3.8) is 0 Å². The van der Waals surface area contributed by atoms with Crippen LogP contribution in [0.1, 0.15) is 45.1 Å². The van der Waals surface area contributed by atoms with Crippen LogP contribution in [-0.4, -0.2) is 25.2 Å². The topological polar surface area (TPSA) is 65.1 Å². The third kappa shape index (κ3) is 3.28. The van der Waals surface area contributed by atoms with Gasteiger partial charge in [0.15, 0.2) is 11.2 Å². The number of nitrogens with zero attached hydrogens (tertiary/aromatic N) is 5. The van der Waals surface area contributed by atoms with Crippen LogP contribution in [0.4, 0.5) is 11.6 Å². The molecule has 0 atom stereocenters. The zero-order valence-electron chi connectivity index (χ0n) is 17.5. The number of benzene rings is 1. The van der Waals surface area contributed by atoms with Crippen molar-refractivity contribution in [1.29, 1.82) is 0 Å². The third-order valence-corrected chi connectivity index (χ3v) is 5.86. The summed E-state index contributed by atoms with van der Waals surface area (Å²) in [5, 5.41) is 0. The Morgan fingerprint density at radius 3 is 2.48 bits per heavy atom. The van der Waals surface area contributed by atoms with Crippen molar-refractivity contribution in [1.82, 2.24) is 18.7 Å². The van der Waals surface area contributed by atoms with Gasteiger partial charge in [0.1, 0.15) is 0 Å². The van der Waals surface area contributed by atoms with E-state index in [4.69, 9.17) is 4.98 Å². The summed E-state index contributed by atoms with van der Waals surface area (Å²) in [6, 6.07) is 8.48. The first-order valence-electron chi connectivity index (χ1n) is 10.6. The summed E-state index contributed by atoms with van der Waals surface area (Å²) >= 11 is 0. The van der Waals surface area contributed by atoms with Crippen LogP contribution in [0.3, 0.4) is 0 Å². The molecule has 29 heavy (non-hydrogen) atoms. The molecule has 2 aromatic heterocycles. The molecule has 0 aliphatic carbocycles. The van der Waals surface area contributed by atoms with Crippen LogP contribution in [0.5, 0.6) is 0 Å². The van der Waals surface area contributed by atoms with E-state index in [0.717, 1.165) is 56.8 Å². The fourth-order valence-corrected chi connectivity index (χ4v) is 4.14. The lowest BCUT2D eigenvalue weighted by Gasteiger charge is -2.29. The second-order valence-corrected chi connectivity index (χ2v) is 7.77. The van der Waals surface area contributed by atoms with Crippen molar-refractivity contribution >= 4 is 22.8 Å². The number of fused-ring (bicyclic) bond motifs is 3. The molecule has 3 aromatic rings. The third-order valence-electron chi connectivity index (χ3n) is 5.86. The zero-order valence-corrected chi connectivity index (χ0v) is 17.5. The molecule has 0 fully saturated rings. The summed E-state index contributed by atoms with van der Waals surface area (Å²) in [5.41, 5.74) is 2.85. The van der Waals surface area contributed by atoms with E-state index in [1.54, 1.807) is 7.05 Å². The minimum Gasteiger partial charge on any atom is -0.312 e. The van der Waals surface area contributed by atoms with Gasteiger partial charge in [-0.15, -0.1) is 0 Å². The molecule has 3 heterocycles. The van der Waals surface area contributed by atoms with Gasteiger partial charge in [-0.2, -0.15) is 4.98 Å². The van der Waals surface area contributed by atoms with Crippen LogP contribution in [0.2, 0.25) is 0 Å². The Labute approximate surface area is 170 Å². The zero-order chi connectivity index (χ0) is 20.5. The van der Waals surface area contributed by atoms with Crippen molar-refractivity contribution in [2.24, 2.45) is 7.05 Å². The van der Waals surface area contributed by atoms with Crippen LogP contribution in [0, 0.1) is 0 Å². The van der Waals surface area contributed by atoms with Gasteiger partial charge in [-0.05, 0) is 37.0 Å². The van der Waals surface area contributed by atoms with Gasteiger partial charge >= 0.3 is 5.69 Å². The van der Waals surface area contributed by atoms with Gasteiger partial charge < -0.3 is 9.47 Å². The van der Waals surface area contributed by atoms with Crippen molar-refractivity contribution in [3.05, 3.63) is 50.7 Å². The van der Waals surface area contributed by atoms with E-state index in [1.165, 1.54) is 14.7 Å². The van der Waals surface area contributed by atoms with E-state index in [0.29, 0.717) is 17.7 Å². The SMILES string of the molecule is CCCCCn1c(=O)c2c(nc3n2CCCN3c2ccc(CC)cc2)n(C)c1=O. The molecule has 154 valence electrons. The number of aryl methyl sites for hydroxylation is 3. The molecule has 0 N–H and O–H groups in total. The molecule has 4 rings (SSSR count). The predicted molar refractivity (Wildman–Crippen MR) is 116 cm³/mol. The summed E-state index contributed by atoms with van der Waals surface area (Å²) in [6.45, 7) is 6.28. The Bertz CT molecular complexity index is 1140. The predicted octanol–water partition coefficient (Wildman–Crippen LogP) is 3.19. The van der Waals surface area contributed by atoms with E-state index in [2.05, 4.69) is 43.0 Å². The second kappa shape index (κ2) is 7.89. The van der Waals surface area contributed by atoms with Crippen molar-refractivity contribution in [2.45, 2.75) is 59.0 Å². The van der Waals surface area contributed by atoms with Crippen molar-refractivity contribution in [3.8, 4) is 0 Å². The number of anilines is 2. The van der Waals surface area contributed by atoms with Crippen LogP contribution in [0.25, 0.3) is 11.2 Å². The van der Waals surface area contributed by atoms with Gasteiger partial charge in [0.2, 0.25) is 5.95 Å². The van der Waals surface area contributed by atoms with Gasteiger partial charge in [0.05, 0.1) is 0 Å². The molecule has 0 amide bonds. The normalized spacial score (nSPS) is 13.8. The maximum Gasteiger partial charge on any atom is 0.332 e. The number of rotatable bonds is 6. The first-order valence-corrected chi connectivity index (χ1v) is 10.6. The molecule has 0 saturated carbocycles. The maximum absolute atomic E-state index is 13.2. The number of unbranched alkanes of at least 4 members (excludes halogenated alkanes) is 2. The molecule has 1 aliphatic rings. The van der Waals surface area contributed by atoms with Gasteiger partial charge in [0.25, 0.3) is 5.56 Å². The Hall–Kier alpha value is -2.83. The Kier molecular flexibility index (Phi) is 5.30. The fraction of sp³-hybridized carbons (Fsp3) is 0.500. The highest BCUT2D eigenvalue weighted by Crippen LogP contribution is 2.31. The lowest BCUT2D eigenvalue weighted by atomic mass is 10.1. The van der Waals surface area contributed by atoms with Crippen LogP contribution >= 0.6 is 0 Å². The molecule has 0 unspecified atom stereocenters. The molecule has 1 aliphatic heterocycles. The van der Waals surface area contributed by atoms with Crippen LogP contribution < -0.4 is 16.1 Å². The minimum absolute atomic E-state index is 0.221. The Morgan fingerprint density at radius 1 is 1.03 bits per heavy atom. The van der Waals surface area contributed by atoms with Gasteiger partial charge in [0, 0.05) is 32.4 Å². The van der Waals surface area contributed by atoms with Gasteiger partial charge in [-0.1, -0.05) is 38.8 Å². The van der Waals surface area contributed by atoms with E-state index < -0.39 is 0 Å². The first-order chi connectivity index (χ1) is 14.1. The molecule has 0 spiro atoms. The van der Waals surface area contributed by atoms with Crippen LogP contribution in [0.15, 0.2) is 33.9 Å². The fourth-order valence-electron chi connectivity index (χ4n) is 4.14. The first kappa shape index (κ1) is 19.5. The molecule has 0 saturated heterocycles. The van der Waals surface area contributed by atoms with Gasteiger partial charge in [-0.3, -0.25) is 13.9 Å². The number of aromatic nitrogens is 4. The Balaban J connectivity index is 1.85. The standard InChI is InChI=1S/C22H29N5O2/c1-4-6-7-13-27-20(28)18-19(24(3)22(27)29)23-21-25(14-8-15-26(18)21)17-11-9-16(5-2)10-12-17/h9-12H,4-8,13-15H2,1-3H3. The average molecular weight is 396 g/mol. The maximum atomic E-state index is 13.2. The second-order valence-electron chi connectivity index (χ2n) is 7.77. The minimum atomic E-state index is -0.284. The Morgan fingerprint density at radius 2 is 1.79 bits per heavy atom. The molecule has 0 bridgehead atoms. The van der Waals surface area contributed by atoms with E-state index in [-0.39, 0.29) is 11.2 Å². The molecular formula is C22H29N5O2. The summed E-state index contributed by atoms with van der Waals surface area (Å²) in [4.78, 5) is 32.9. The highest BCUT2D eigenvalue weighted by molar-refractivity contribution is 5.77. The quantitative estimate of drug-likeness (QED) is 0.601. The highest BCUT2D eigenvalue weighted by Gasteiger charge is 2.26. The number of hydrogen-bond donors (Lipinski definition) is 0. The molecule has 0 radical (unpaired) electrons. The summed E-state index contributed by atoms with van der Waals surface area (Å²) in [5.74, 6) is 0.744. The largest absolute Gasteiger partial charge is 0.332 e. The molecule has 7 heteroatoms. The number of imidazole rings is 1. The molecular weight excluding hydrogens is 366 g/mol. The smallest absolute Gasteiger partial charge is 0.312 e. The summed E-state index contributed by atoms with van der Waals surface area (Å²) < 4.78 is 4.89. The summed E-state index contributed by atoms with van der Waals surface area (Å²) in [7, 11) is 1.71. The van der Waals surface area contributed by atoms with Gasteiger partial charge in [-0.25, -0.2) is 4.79 Å². The monoisotopic (exact) mass is 395 g/mol. The van der Waals surface area contributed by atoms with Crippen molar-refractivity contribution < 1.29 is 0 Å².